The number of ether oxygens (including phenoxy) is 1. The highest BCUT2D eigenvalue weighted by Crippen LogP contribution is 2.25. The standard InChI is InChI=1S/C25H22N2O6/c1-17-6-5-9-20(16-17)26-22(28)14-15-23(29)33-25(24(30)18-7-3-2-4-8-18)19-10-12-21(13-11-19)27(31)32/h2-13,16,25H,14-15H2,1H3,(H,26,28)/t25-/m0/s1. The van der Waals surface area contributed by atoms with Gasteiger partial charge in [-0.2, -0.15) is 0 Å². The number of non-ortho nitro benzene ring substituents is 1. The number of aryl methyl sites for hydroxylation is 1. The van der Waals surface area contributed by atoms with E-state index in [0.717, 1.165) is 5.56 Å². The first-order chi connectivity index (χ1) is 15.8. The molecule has 0 aromatic heterocycles. The van der Waals surface area contributed by atoms with Gasteiger partial charge in [0.25, 0.3) is 5.69 Å². The largest absolute Gasteiger partial charge is 0.449 e. The Hall–Kier alpha value is -4.33. The molecule has 0 aliphatic rings. The van der Waals surface area contributed by atoms with E-state index in [1.54, 1.807) is 42.5 Å². The zero-order valence-corrected chi connectivity index (χ0v) is 17.9. The smallest absolute Gasteiger partial charge is 0.307 e. The fourth-order valence-electron chi connectivity index (χ4n) is 3.15. The van der Waals surface area contributed by atoms with Crippen LogP contribution in [-0.2, 0) is 14.3 Å². The molecular weight excluding hydrogens is 424 g/mol. The summed E-state index contributed by atoms with van der Waals surface area (Å²) in [5.74, 6) is -1.57. The molecule has 0 fully saturated rings. The number of carbonyl (C=O) groups is 3. The van der Waals surface area contributed by atoms with Crippen molar-refractivity contribution in [3.8, 4) is 0 Å². The van der Waals surface area contributed by atoms with Crippen LogP contribution < -0.4 is 5.32 Å². The van der Waals surface area contributed by atoms with E-state index in [1.165, 1.54) is 24.3 Å². The Balaban J connectivity index is 1.69. The van der Waals surface area contributed by atoms with Crippen LogP contribution in [0.25, 0.3) is 0 Å². The normalized spacial score (nSPS) is 11.3. The molecule has 3 aromatic carbocycles. The quantitative estimate of drug-likeness (QED) is 0.219. The van der Waals surface area contributed by atoms with Crippen LogP contribution in [-0.4, -0.2) is 22.6 Å². The third kappa shape index (κ3) is 6.57. The van der Waals surface area contributed by atoms with Gasteiger partial charge in [-0.1, -0.05) is 42.5 Å². The average molecular weight is 446 g/mol. The summed E-state index contributed by atoms with van der Waals surface area (Å²) in [4.78, 5) is 48.1. The molecule has 168 valence electrons. The van der Waals surface area contributed by atoms with Gasteiger partial charge in [0.2, 0.25) is 11.7 Å². The van der Waals surface area contributed by atoms with Crippen LogP contribution in [0.5, 0.6) is 0 Å². The summed E-state index contributed by atoms with van der Waals surface area (Å²) < 4.78 is 5.43. The summed E-state index contributed by atoms with van der Waals surface area (Å²) in [6, 6.07) is 20.8. The highest BCUT2D eigenvalue weighted by atomic mass is 16.6. The zero-order chi connectivity index (χ0) is 23.8. The fourth-order valence-corrected chi connectivity index (χ4v) is 3.15. The molecule has 0 aliphatic heterocycles. The van der Waals surface area contributed by atoms with Gasteiger partial charge >= 0.3 is 5.97 Å². The number of nitrogens with one attached hydrogen (secondary N) is 1. The number of amides is 1. The Bertz CT molecular complexity index is 1160. The second-order valence-electron chi connectivity index (χ2n) is 7.37. The van der Waals surface area contributed by atoms with Gasteiger partial charge in [0.1, 0.15) is 0 Å². The maximum Gasteiger partial charge on any atom is 0.307 e. The number of carbonyl (C=O) groups excluding carboxylic acids is 3. The summed E-state index contributed by atoms with van der Waals surface area (Å²) in [7, 11) is 0. The maximum absolute atomic E-state index is 13.0. The fraction of sp³-hybridized carbons (Fsp3) is 0.160. The van der Waals surface area contributed by atoms with Crippen molar-refractivity contribution in [2.45, 2.75) is 25.9 Å². The first kappa shape index (κ1) is 23.3. The minimum atomic E-state index is -1.29. The number of anilines is 1. The lowest BCUT2D eigenvalue weighted by atomic mass is 9.99. The van der Waals surface area contributed by atoms with E-state index < -0.39 is 22.8 Å². The van der Waals surface area contributed by atoms with E-state index in [-0.39, 0.29) is 24.4 Å². The van der Waals surface area contributed by atoms with Gasteiger partial charge in [-0.3, -0.25) is 24.5 Å². The Labute approximate surface area is 190 Å². The molecule has 8 heteroatoms. The Kier molecular flexibility index (Phi) is 7.64. The number of ketones is 1. The van der Waals surface area contributed by atoms with Gasteiger partial charge < -0.3 is 10.1 Å². The molecule has 0 saturated heterocycles. The number of nitrogens with zero attached hydrogens (tertiary/aromatic N) is 1. The SMILES string of the molecule is Cc1cccc(NC(=O)CCC(=O)O[C@H](C(=O)c2ccccc2)c2ccc([N+](=O)[O-])cc2)c1. The molecule has 0 saturated carbocycles. The van der Waals surface area contributed by atoms with Crippen LogP contribution in [0, 0.1) is 17.0 Å². The average Bonchev–Trinajstić information content (AvgIpc) is 2.81. The molecule has 8 nitrogen and oxygen atoms in total. The number of benzene rings is 3. The van der Waals surface area contributed by atoms with Crippen molar-refractivity contribution in [1.29, 1.82) is 0 Å². The highest BCUT2D eigenvalue weighted by Gasteiger charge is 2.27. The topological polar surface area (TPSA) is 116 Å². The van der Waals surface area contributed by atoms with E-state index in [1.807, 2.05) is 19.1 Å². The minimum absolute atomic E-state index is 0.126. The van der Waals surface area contributed by atoms with Gasteiger partial charge in [0.15, 0.2) is 6.10 Å². The predicted octanol–water partition coefficient (Wildman–Crippen LogP) is 4.79. The van der Waals surface area contributed by atoms with Crippen molar-refractivity contribution in [2.24, 2.45) is 0 Å². The van der Waals surface area contributed by atoms with Crippen molar-refractivity contribution in [1.82, 2.24) is 0 Å². The van der Waals surface area contributed by atoms with Crippen LogP contribution >= 0.6 is 0 Å². The molecule has 1 N–H and O–H groups in total. The molecule has 3 aromatic rings. The summed E-state index contributed by atoms with van der Waals surface area (Å²) in [6.45, 7) is 1.90. The number of hydrogen-bond donors (Lipinski definition) is 1. The van der Waals surface area contributed by atoms with Crippen LogP contribution in [0.15, 0.2) is 78.9 Å². The van der Waals surface area contributed by atoms with E-state index in [2.05, 4.69) is 5.32 Å². The molecule has 0 heterocycles. The third-order valence-electron chi connectivity index (χ3n) is 4.81. The number of nitro benzene ring substituents is 1. The van der Waals surface area contributed by atoms with Gasteiger partial charge in [-0.05, 0) is 36.8 Å². The van der Waals surface area contributed by atoms with Crippen LogP contribution in [0.3, 0.4) is 0 Å². The Morgan fingerprint density at radius 1 is 0.939 bits per heavy atom. The molecule has 0 bridgehead atoms. The molecule has 1 atom stereocenters. The zero-order valence-electron chi connectivity index (χ0n) is 17.9. The number of hydrogen-bond acceptors (Lipinski definition) is 6. The monoisotopic (exact) mass is 446 g/mol. The van der Waals surface area contributed by atoms with E-state index in [9.17, 15) is 24.5 Å². The second-order valence-corrected chi connectivity index (χ2v) is 7.37. The lowest BCUT2D eigenvalue weighted by Crippen LogP contribution is -2.21. The number of nitro groups is 1. The molecule has 1 amide bonds. The Morgan fingerprint density at radius 3 is 2.27 bits per heavy atom. The van der Waals surface area contributed by atoms with E-state index >= 15 is 0 Å². The Morgan fingerprint density at radius 2 is 1.64 bits per heavy atom. The first-order valence-corrected chi connectivity index (χ1v) is 10.2. The van der Waals surface area contributed by atoms with Gasteiger partial charge in [0, 0.05) is 35.4 Å². The summed E-state index contributed by atoms with van der Waals surface area (Å²) >= 11 is 0. The summed E-state index contributed by atoms with van der Waals surface area (Å²) in [5.41, 5.74) is 2.08. The molecule has 3 rings (SSSR count). The molecule has 0 radical (unpaired) electrons. The third-order valence-corrected chi connectivity index (χ3v) is 4.81. The molecule has 0 spiro atoms. The van der Waals surface area contributed by atoms with Crippen LogP contribution in [0.1, 0.15) is 40.4 Å². The lowest BCUT2D eigenvalue weighted by Gasteiger charge is -2.17. The summed E-state index contributed by atoms with van der Waals surface area (Å²) in [6.07, 6.45) is -1.65. The highest BCUT2D eigenvalue weighted by molar-refractivity contribution is 6.01. The summed E-state index contributed by atoms with van der Waals surface area (Å²) in [5, 5.41) is 13.6. The van der Waals surface area contributed by atoms with E-state index in [0.29, 0.717) is 16.8 Å². The molecule has 33 heavy (non-hydrogen) atoms. The van der Waals surface area contributed by atoms with Gasteiger partial charge in [-0.25, -0.2) is 0 Å². The first-order valence-electron chi connectivity index (χ1n) is 10.2. The lowest BCUT2D eigenvalue weighted by molar-refractivity contribution is -0.384. The van der Waals surface area contributed by atoms with Crippen molar-refractivity contribution < 1.29 is 24.0 Å². The second kappa shape index (κ2) is 10.8. The van der Waals surface area contributed by atoms with Crippen molar-refractivity contribution in [2.75, 3.05) is 5.32 Å². The molecular formula is C25H22N2O6. The van der Waals surface area contributed by atoms with Crippen LogP contribution in [0.4, 0.5) is 11.4 Å². The van der Waals surface area contributed by atoms with Crippen LogP contribution in [0.2, 0.25) is 0 Å². The number of Topliss-reactive ketones (excluding diaryl/α,β-unsaturated/α-hetero) is 1. The van der Waals surface area contributed by atoms with E-state index in [4.69, 9.17) is 4.74 Å². The molecule has 0 aliphatic carbocycles. The minimum Gasteiger partial charge on any atom is -0.449 e. The van der Waals surface area contributed by atoms with Gasteiger partial charge in [0.05, 0.1) is 11.3 Å². The van der Waals surface area contributed by atoms with Crippen molar-refractivity contribution in [3.05, 3.63) is 106 Å². The van der Waals surface area contributed by atoms with Crippen molar-refractivity contribution in [3.63, 3.8) is 0 Å². The predicted molar refractivity (Wildman–Crippen MR) is 122 cm³/mol. The van der Waals surface area contributed by atoms with Gasteiger partial charge in [-0.15, -0.1) is 0 Å². The van der Waals surface area contributed by atoms with Crippen molar-refractivity contribution >= 4 is 29.0 Å². The number of rotatable bonds is 9. The number of esters is 1. The maximum atomic E-state index is 13.0. The molecule has 0 unspecified atom stereocenters.